The van der Waals surface area contributed by atoms with Crippen LogP contribution >= 0.6 is 11.9 Å². The summed E-state index contributed by atoms with van der Waals surface area (Å²) >= 11 is 1.70. The lowest BCUT2D eigenvalue weighted by Crippen LogP contribution is -2.28. The number of hydrogen-bond donors (Lipinski definition) is 1. The van der Waals surface area contributed by atoms with Crippen molar-refractivity contribution >= 4 is 11.9 Å². The van der Waals surface area contributed by atoms with E-state index in [1.54, 1.807) is 11.9 Å². The molecule has 0 amide bonds. The highest BCUT2D eigenvalue weighted by atomic mass is 32.2. The highest BCUT2D eigenvalue weighted by Gasteiger charge is 2.12. The van der Waals surface area contributed by atoms with Gasteiger partial charge in [0.1, 0.15) is 0 Å². The van der Waals surface area contributed by atoms with Gasteiger partial charge in [0.15, 0.2) is 0 Å². The second-order valence-corrected chi connectivity index (χ2v) is 2.84. The molecule has 0 bridgehead atoms. The fourth-order valence-electron chi connectivity index (χ4n) is 0.648. The lowest BCUT2D eigenvalue weighted by Gasteiger charge is -2.14. The van der Waals surface area contributed by atoms with E-state index in [9.17, 15) is 0 Å². The quantitative estimate of drug-likeness (QED) is 0.522. The lowest BCUT2D eigenvalue weighted by atomic mass is 10.3. The summed E-state index contributed by atoms with van der Waals surface area (Å²) in [4.78, 5) is 0. The van der Waals surface area contributed by atoms with Crippen molar-refractivity contribution in [2.45, 2.75) is 6.04 Å². The van der Waals surface area contributed by atoms with Crippen molar-refractivity contribution in [3.8, 4) is 0 Å². The summed E-state index contributed by atoms with van der Waals surface area (Å²) in [5.41, 5.74) is 5.42. The van der Waals surface area contributed by atoms with Gasteiger partial charge in [0.05, 0.1) is 6.04 Å². The van der Waals surface area contributed by atoms with Crippen LogP contribution in [0.4, 0.5) is 0 Å². The SMILES string of the molecule is CN1SC=CC1CN. The molecule has 46 valence electrons. The summed E-state index contributed by atoms with van der Waals surface area (Å²) in [5, 5.41) is 2.07. The molecule has 0 spiro atoms. The predicted octanol–water partition coefficient (Wildman–Crippen LogP) is 0.421. The molecular formula is C5H10N2S. The molecule has 0 fully saturated rings. The maximum atomic E-state index is 5.42. The van der Waals surface area contributed by atoms with Gasteiger partial charge in [-0.3, -0.25) is 0 Å². The molecule has 0 aromatic heterocycles. The second kappa shape index (κ2) is 2.53. The van der Waals surface area contributed by atoms with E-state index in [2.05, 4.69) is 15.8 Å². The fourth-order valence-corrected chi connectivity index (χ4v) is 1.40. The monoisotopic (exact) mass is 130 g/mol. The molecule has 3 heteroatoms. The van der Waals surface area contributed by atoms with Crippen molar-refractivity contribution in [2.75, 3.05) is 13.6 Å². The first kappa shape index (κ1) is 6.13. The van der Waals surface area contributed by atoms with Crippen LogP contribution in [-0.4, -0.2) is 23.9 Å². The molecule has 0 aromatic rings. The fraction of sp³-hybridized carbons (Fsp3) is 0.600. The van der Waals surface area contributed by atoms with Gasteiger partial charge in [-0.05, 0) is 12.5 Å². The summed E-state index contributed by atoms with van der Waals surface area (Å²) in [6.45, 7) is 0.722. The zero-order valence-electron chi connectivity index (χ0n) is 4.87. The van der Waals surface area contributed by atoms with Crippen molar-refractivity contribution < 1.29 is 0 Å². The topological polar surface area (TPSA) is 29.3 Å². The summed E-state index contributed by atoms with van der Waals surface area (Å²) in [6.07, 6.45) is 2.12. The molecule has 0 saturated carbocycles. The van der Waals surface area contributed by atoms with Gasteiger partial charge in [0.25, 0.3) is 0 Å². The van der Waals surface area contributed by atoms with Crippen LogP contribution in [0.1, 0.15) is 0 Å². The van der Waals surface area contributed by atoms with Gasteiger partial charge in [0, 0.05) is 6.54 Å². The first-order chi connectivity index (χ1) is 3.84. The predicted molar refractivity (Wildman–Crippen MR) is 37.3 cm³/mol. The molecule has 0 aliphatic carbocycles. The minimum atomic E-state index is 0.458. The number of hydrogen-bond acceptors (Lipinski definition) is 3. The molecule has 1 rings (SSSR count). The van der Waals surface area contributed by atoms with E-state index in [1.807, 2.05) is 7.05 Å². The first-order valence-corrected chi connectivity index (χ1v) is 3.44. The van der Waals surface area contributed by atoms with Crippen molar-refractivity contribution in [1.82, 2.24) is 4.31 Å². The number of rotatable bonds is 1. The van der Waals surface area contributed by atoms with Crippen LogP contribution < -0.4 is 5.73 Å². The zero-order chi connectivity index (χ0) is 5.98. The number of likely N-dealkylation sites (N-methyl/N-ethyl adjacent to an activating group) is 1. The molecule has 0 saturated heterocycles. The standard InChI is InChI=1S/C5H10N2S/c1-7-5(4-6)2-3-8-7/h2-3,5H,4,6H2,1H3. The molecule has 8 heavy (non-hydrogen) atoms. The summed E-state index contributed by atoms with van der Waals surface area (Å²) in [5.74, 6) is 0. The van der Waals surface area contributed by atoms with Crippen LogP contribution in [0.25, 0.3) is 0 Å². The van der Waals surface area contributed by atoms with Crippen molar-refractivity contribution in [1.29, 1.82) is 0 Å². The maximum absolute atomic E-state index is 5.42. The van der Waals surface area contributed by atoms with E-state index in [4.69, 9.17) is 5.73 Å². The minimum Gasteiger partial charge on any atom is -0.329 e. The normalized spacial score (nSPS) is 29.5. The van der Waals surface area contributed by atoms with Gasteiger partial charge in [-0.2, -0.15) is 0 Å². The first-order valence-electron chi connectivity index (χ1n) is 2.61. The van der Waals surface area contributed by atoms with E-state index in [1.165, 1.54) is 0 Å². The van der Waals surface area contributed by atoms with Crippen molar-refractivity contribution in [3.05, 3.63) is 11.5 Å². The van der Waals surface area contributed by atoms with E-state index in [-0.39, 0.29) is 0 Å². The molecule has 1 aliphatic rings. The van der Waals surface area contributed by atoms with Gasteiger partial charge >= 0.3 is 0 Å². The molecule has 1 atom stereocenters. The molecule has 1 heterocycles. The van der Waals surface area contributed by atoms with Crippen LogP contribution in [0.5, 0.6) is 0 Å². The largest absolute Gasteiger partial charge is 0.329 e. The number of nitrogens with two attached hydrogens (primary N) is 1. The summed E-state index contributed by atoms with van der Waals surface area (Å²) < 4.78 is 2.14. The Bertz CT molecular complexity index is 103. The smallest absolute Gasteiger partial charge is 0.0513 e. The van der Waals surface area contributed by atoms with Gasteiger partial charge in [0.2, 0.25) is 0 Å². The molecule has 0 aromatic carbocycles. The highest BCUT2D eigenvalue weighted by molar-refractivity contribution is 8.00. The summed E-state index contributed by atoms with van der Waals surface area (Å²) in [6, 6.07) is 0.458. The van der Waals surface area contributed by atoms with Crippen LogP contribution in [0.2, 0.25) is 0 Å². The molecule has 0 radical (unpaired) electrons. The third-order valence-electron chi connectivity index (χ3n) is 1.24. The van der Waals surface area contributed by atoms with Gasteiger partial charge in [-0.25, -0.2) is 4.31 Å². The Morgan fingerprint density at radius 3 is 2.88 bits per heavy atom. The van der Waals surface area contributed by atoms with Crippen LogP contribution in [0, 0.1) is 0 Å². The Kier molecular flexibility index (Phi) is 1.94. The maximum Gasteiger partial charge on any atom is 0.0513 e. The Morgan fingerprint density at radius 2 is 2.62 bits per heavy atom. The van der Waals surface area contributed by atoms with Gasteiger partial charge in [-0.1, -0.05) is 18.0 Å². The third-order valence-corrected chi connectivity index (χ3v) is 2.12. The van der Waals surface area contributed by atoms with Crippen molar-refractivity contribution in [3.63, 3.8) is 0 Å². The molecule has 2 N–H and O–H groups in total. The average Bonchev–Trinajstić information content (AvgIpc) is 2.14. The zero-order valence-corrected chi connectivity index (χ0v) is 5.69. The Morgan fingerprint density at radius 1 is 1.88 bits per heavy atom. The Hall–Kier alpha value is 0.01000. The van der Waals surface area contributed by atoms with E-state index < -0.39 is 0 Å². The van der Waals surface area contributed by atoms with E-state index in [0.29, 0.717) is 6.04 Å². The minimum absolute atomic E-state index is 0.458. The van der Waals surface area contributed by atoms with Crippen LogP contribution in [0.15, 0.2) is 11.5 Å². The Labute approximate surface area is 53.9 Å². The van der Waals surface area contributed by atoms with E-state index >= 15 is 0 Å². The molecule has 2 nitrogen and oxygen atoms in total. The van der Waals surface area contributed by atoms with Crippen molar-refractivity contribution in [2.24, 2.45) is 5.73 Å². The molecule has 1 aliphatic heterocycles. The van der Waals surface area contributed by atoms with Gasteiger partial charge < -0.3 is 5.73 Å². The molecule has 1 unspecified atom stereocenters. The Balaban J connectivity index is 2.41. The molecular weight excluding hydrogens is 120 g/mol. The lowest BCUT2D eigenvalue weighted by molar-refractivity contribution is 0.495. The second-order valence-electron chi connectivity index (χ2n) is 1.78. The van der Waals surface area contributed by atoms with E-state index in [0.717, 1.165) is 6.54 Å². The summed E-state index contributed by atoms with van der Waals surface area (Å²) in [7, 11) is 2.04. The number of nitrogens with zero attached hydrogens (tertiary/aromatic N) is 1. The average molecular weight is 130 g/mol. The van der Waals surface area contributed by atoms with Crippen LogP contribution in [0.3, 0.4) is 0 Å². The third kappa shape index (κ3) is 1.05. The van der Waals surface area contributed by atoms with Gasteiger partial charge in [-0.15, -0.1) is 0 Å². The van der Waals surface area contributed by atoms with Crippen LogP contribution in [-0.2, 0) is 0 Å². The highest BCUT2D eigenvalue weighted by Crippen LogP contribution is 2.20.